The van der Waals surface area contributed by atoms with Gasteiger partial charge in [0.25, 0.3) is 0 Å². The first-order valence-corrected chi connectivity index (χ1v) is 7.39. The quantitative estimate of drug-likeness (QED) is 0.877. The first-order chi connectivity index (χ1) is 9.56. The van der Waals surface area contributed by atoms with Crippen molar-refractivity contribution in [3.63, 3.8) is 0 Å². The van der Waals surface area contributed by atoms with Gasteiger partial charge in [0.15, 0.2) is 0 Å². The van der Waals surface area contributed by atoms with Crippen molar-refractivity contribution in [2.24, 2.45) is 11.8 Å². The highest BCUT2D eigenvalue weighted by Crippen LogP contribution is 2.25. The lowest BCUT2D eigenvalue weighted by Crippen LogP contribution is -2.32. The van der Waals surface area contributed by atoms with Crippen LogP contribution in [0.4, 0.5) is 10.1 Å². The average molecular weight is 335 g/mol. The number of halogens is 3. The fraction of sp³-hybridized carbons (Fsp3) is 0.533. The van der Waals surface area contributed by atoms with Crippen LogP contribution < -0.4 is 10.6 Å². The molecule has 0 saturated carbocycles. The molecule has 1 unspecified atom stereocenters. The zero-order valence-electron chi connectivity index (χ0n) is 12.0. The third-order valence-electron chi connectivity index (χ3n) is 3.90. The molecule has 1 amide bonds. The highest BCUT2D eigenvalue weighted by atomic mass is 35.5. The van der Waals surface area contributed by atoms with E-state index < -0.39 is 5.82 Å². The van der Waals surface area contributed by atoms with Crippen molar-refractivity contribution in [1.29, 1.82) is 0 Å². The number of rotatable bonds is 4. The van der Waals surface area contributed by atoms with E-state index in [0.29, 0.717) is 23.9 Å². The fourth-order valence-electron chi connectivity index (χ4n) is 2.66. The number of benzene rings is 1. The molecule has 0 aliphatic carbocycles. The Balaban J connectivity index is 0.00000220. The molecule has 0 spiro atoms. The first-order valence-electron chi connectivity index (χ1n) is 7.02. The van der Waals surface area contributed by atoms with Crippen LogP contribution in [0.5, 0.6) is 0 Å². The molecular formula is C15H21Cl2FN2O. The predicted molar refractivity (Wildman–Crippen MR) is 86.7 cm³/mol. The maximum Gasteiger partial charge on any atom is 0.224 e. The standard InChI is InChI=1S/C15H20ClFN2O.ClH/c1-10(11-4-6-18-7-5-11)8-15(20)19-12-2-3-14(17)13(16)9-12;/h2-3,9-11,18H,4-8H2,1H3,(H,19,20);1H. The lowest BCUT2D eigenvalue weighted by Gasteiger charge is -2.27. The third kappa shape index (κ3) is 5.46. The molecule has 1 heterocycles. The third-order valence-corrected chi connectivity index (χ3v) is 4.19. The summed E-state index contributed by atoms with van der Waals surface area (Å²) in [6.07, 6.45) is 2.73. The number of nitrogens with one attached hydrogen (secondary N) is 2. The zero-order chi connectivity index (χ0) is 14.5. The molecule has 1 aliphatic rings. The lowest BCUT2D eigenvalue weighted by atomic mass is 9.84. The van der Waals surface area contributed by atoms with Crippen LogP contribution in [0.1, 0.15) is 26.2 Å². The van der Waals surface area contributed by atoms with E-state index in [1.165, 1.54) is 18.2 Å². The Morgan fingerprint density at radius 2 is 2.14 bits per heavy atom. The summed E-state index contributed by atoms with van der Waals surface area (Å²) in [5.41, 5.74) is 0.541. The summed E-state index contributed by atoms with van der Waals surface area (Å²) < 4.78 is 13.0. The number of anilines is 1. The van der Waals surface area contributed by atoms with Gasteiger partial charge in [-0.15, -0.1) is 12.4 Å². The topological polar surface area (TPSA) is 41.1 Å². The van der Waals surface area contributed by atoms with Crippen LogP contribution in [-0.4, -0.2) is 19.0 Å². The van der Waals surface area contributed by atoms with Crippen molar-refractivity contribution in [3.8, 4) is 0 Å². The Hall–Kier alpha value is -0.840. The van der Waals surface area contributed by atoms with Gasteiger partial charge in [0, 0.05) is 12.1 Å². The number of carbonyl (C=O) groups is 1. The fourth-order valence-corrected chi connectivity index (χ4v) is 2.84. The van der Waals surface area contributed by atoms with Gasteiger partial charge in [-0.05, 0) is 56.0 Å². The summed E-state index contributed by atoms with van der Waals surface area (Å²) in [6, 6.07) is 4.21. The zero-order valence-corrected chi connectivity index (χ0v) is 13.6. The second-order valence-electron chi connectivity index (χ2n) is 5.45. The van der Waals surface area contributed by atoms with E-state index in [9.17, 15) is 9.18 Å². The van der Waals surface area contributed by atoms with Crippen LogP contribution in [0.2, 0.25) is 5.02 Å². The Kier molecular flexibility index (Phi) is 7.43. The summed E-state index contributed by atoms with van der Waals surface area (Å²) in [5, 5.41) is 6.12. The molecule has 6 heteroatoms. The molecule has 1 aromatic rings. The lowest BCUT2D eigenvalue weighted by molar-refractivity contribution is -0.117. The van der Waals surface area contributed by atoms with E-state index >= 15 is 0 Å². The molecule has 2 N–H and O–H groups in total. The largest absolute Gasteiger partial charge is 0.326 e. The smallest absolute Gasteiger partial charge is 0.224 e. The molecule has 0 radical (unpaired) electrons. The van der Waals surface area contributed by atoms with Gasteiger partial charge < -0.3 is 10.6 Å². The minimum absolute atomic E-state index is 0. The maximum absolute atomic E-state index is 13.0. The molecule has 0 aromatic heterocycles. The highest BCUT2D eigenvalue weighted by Gasteiger charge is 2.22. The molecule has 1 aromatic carbocycles. The van der Waals surface area contributed by atoms with Gasteiger partial charge in [-0.1, -0.05) is 18.5 Å². The monoisotopic (exact) mass is 334 g/mol. The van der Waals surface area contributed by atoms with Crippen LogP contribution >= 0.6 is 24.0 Å². The van der Waals surface area contributed by atoms with E-state index in [0.717, 1.165) is 25.9 Å². The van der Waals surface area contributed by atoms with Gasteiger partial charge >= 0.3 is 0 Å². The van der Waals surface area contributed by atoms with Crippen molar-refractivity contribution in [3.05, 3.63) is 29.0 Å². The van der Waals surface area contributed by atoms with Crippen LogP contribution in [0, 0.1) is 17.7 Å². The Morgan fingerprint density at radius 3 is 2.76 bits per heavy atom. The van der Waals surface area contributed by atoms with E-state index in [2.05, 4.69) is 17.6 Å². The number of hydrogen-bond acceptors (Lipinski definition) is 2. The van der Waals surface area contributed by atoms with Gasteiger partial charge in [0.2, 0.25) is 5.91 Å². The number of amides is 1. The predicted octanol–water partition coefficient (Wildman–Crippen LogP) is 3.87. The van der Waals surface area contributed by atoms with Gasteiger partial charge in [-0.2, -0.15) is 0 Å². The van der Waals surface area contributed by atoms with Gasteiger partial charge in [0.05, 0.1) is 5.02 Å². The first kappa shape index (κ1) is 18.2. The van der Waals surface area contributed by atoms with Crippen LogP contribution in [0.15, 0.2) is 18.2 Å². The number of carbonyl (C=O) groups excluding carboxylic acids is 1. The SMILES string of the molecule is CC(CC(=O)Nc1ccc(F)c(Cl)c1)C1CCNCC1.Cl. The summed E-state index contributed by atoms with van der Waals surface area (Å²) in [5.74, 6) is 0.429. The minimum Gasteiger partial charge on any atom is -0.326 e. The molecule has 1 fully saturated rings. The molecule has 0 bridgehead atoms. The highest BCUT2D eigenvalue weighted by molar-refractivity contribution is 6.31. The number of hydrogen-bond donors (Lipinski definition) is 2. The average Bonchev–Trinajstić information content (AvgIpc) is 2.44. The van der Waals surface area contributed by atoms with Crippen molar-refractivity contribution < 1.29 is 9.18 Å². The van der Waals surface area contributed by atoms with Crippen LogP contribution in [0.3, 0.4) is 0 Å². The van der Waals surface area contributed by atoms with Crippen molar-refractivity contribution in [1.82, 2.24) is 5.32 Å². The van der Waals surface area contributed by atoms with Crippen LogP contribution in [0.25, 0.3) is 0 Å². The van der Waals surface area contributed by atoms with Crippen molar-refractivity contribution in [2.45, 2.75) is 26.2 Å². The van der Waals surface area contributed by atoms with E-state index in [1.54, 1.807) is 0 Å². The van der Waals surface area contributed by atoms with Crippen LogP contribution in [-0.2, 0) is 4.79 Å². The van der Waals surface area contributed by atoms with Gasteiger partial charge in [0.1, 0.15) is 5.82 Å². The van der Waals surface area contributed by atoms with E-state index in [1.807, 2.05) is 0 Å². The Bertz CT molecular complexity index is 479. The molecule has 118 valence electrons. The molecule has 1 aliphatic heterocycles. The molecular weight excluding hydrogens is 314 g/mol. The Morgan fingerprint density at radius 1 is 1.48 bits per heavy atom. The van der Waals surface area contributed by atoms with Gasteiger partial charge in [-0.25, -0.2) is 4.39 Å². The number of piperidine rings is 1. The van der Waals surface area contributed by atoms with E-state index in [-0.39, 0.29) is 23.3 Å². The maximum atomic E-state index is 13.0. The summed E-state index contributed by atoms with van der Waals surface area (Å²) in [4.78, 5) is 12.0. The molecule has 1 saturated heterocycles. The van der Waals surface area contributed by atoms with Crippen molar-refractivity contribution in [2.75, 3.05) is 18.4 Å². The summed E-state index contributed by atoms with van der Waals surface area (Å²) in [6.45, 7) is 4.18. The molecule has 21 heavy (non-hydrogen) atoms. The molecule has 1 atom stereocenters. The summed E-state index contributed by atoms with van der Waals surface area (Å²) >= 11 is 5.69. The second-order valence-corrected chi connectivity index (χ2v) is 5.85. The normalized spacial score (nSPS) is 16.9. The Labute approximate surface area is 136 Å². The second kappa shape index (κ2) is 8.57. The van der Waals surface area contributed by atoms with Gasteiger partial charge in [-0.3, -0.25) is 4.79 Å². The van der Waals surface area contributed by atoms with Crippen molar-refractivity contribution >= 4 is 35.6 Å². The summed E-state index contributed by atoms with van der Waals surface area (Å²) in [7, 11) is 0. The minimum atomic E-state index is -0.479. The molecule has 3 nitrogen and oxygen atoms in total. The van der Waals surface area contributed by atoms with E-state index in [4.69, 9.17) is 11.6 Å². The molecule has 2 rings (SSSR count).